The summed E-state index contributed by atoms with van der Waals surface area (Å²) in [4.78, 5) is 18.8. The van der Waals surface area contributed by atoms with E-state index in [1.54, 1.807) is 37.8 Å². The van der Waals surface area contributed by atoms with Crippen LogP contribution >= 0.6 is 0 Å². The molecule has 1 aliphatic heterocycles. The molecule has 2 aromatic heterocycles. The van der Waals surface area contributed by atoms with Crippen molar-refractivity contribution in [2.24, 2.45) is 0 Å². The monoisotopic (exact) mass is 507 g/mol. The van der Waals surface area contributed by atoms with Gasteiger partial charge in [0.2, 0.25) is 0 Å². The van der Waals surface area contributed by atoms with E-state index in [2.05, 4.69) is 15.3 Å². The zero-order valence-corrected chi connectivity index (χ0v) is 20.0. The van der Waals surface area contributed by atoms with Gasteiger partial charge in [-0.3, -0.25) is 9.78 Å². The first-order valence-electron chi connectivity index (χ1n) is 11.8. The molecule has 1 unspecified atom stereocenters. The van der Waals surface area contributed by atoms with Crippen LogP contribution in [0.2, 0.25) is 0 Å². The Hall–Kier alpha value is -4.21. The van der Waals surface area contributed by atoms with Gasteiger partial charge in [0.15, 0.2) is 0 Å². The molecule has 1 aliphatic rings. The summed E-state index contributed by atoms with van der Waals surface area (Å²) in [7, 11) is 1.58. The highest BCUT2D eigenvalue weighted by Gasteiger charge is 2.35. The topological polar surface area (TPSA) is 73.1 Å². The zero-order valence-electron chi connectivity index (χ0n) is 20.0. The van der Waals surface area contributed by atoms with Crippen molar-refractivity contribution < 1.29 is 22.7 Å². The van der Waals surface area contributed by atoms with Crippen molar-refractivity contribution >= 4 is 11.6 Å². The number of anilines is 1. The lowest BCUT2D eigenvalue weighted by Gasteiger charge is -2.26. The van der Waals surface area contributed by atoms with Crippen LogP contribution in [0.4, 0.5) is 18.9 Å². The molecule has 0 saturated heterocycles. The molecule has 0 fully saturated rings. The third kappa shape index (κ3) is 5.18. The second-order valence-electron chi connectivity index (χ2n) is 8.77. The fraction of sp³-hybridized carbons (Fsp3) is 0.259. The number of alkyl halides is 3. The summed E-state index contributed by atoms with van der Waals surface area (Å²) >= 11 is 0. The number of nitrogens with zero attached hydrogens (tertiary/aromatic N) is 5. The summed E-state index contributed by atoms with van der Waals surface area (Å²) in [5.74, 6) is 0.203. The zero-order chi connectivity index (χ0) is 26.0. The Labute approximate surface area is 211 Å². The Balaban J connectivity index is 1.44. The van der Waals surface area contributed by atoms with Gasteiger partial charge in [-0.15, -0.1) is 5.10 Å². The summed E-state index contributed by atoms with van der Waals surface area (Å²) in [5.41, 5.74) is 4.44. The van der Waals surface area contributed by atoms with Gasteiger partial charge in [-0.2, -0.15) is 13.2 Å². The number of benzene rings is 2. The number of methoxy groups -OCH3 is 1. The Bertz CT molecular complexity index is 1400. The Morgan fingerprint density at radius 3 is 2.59 bits per heavy atom. The number of carbonyl (C=O) groups is 1. The van der Waals surface area contributed by atoms with Gasteiger partial charge in [0.25, 0.3) is 5.91 Å². The number of aromatic nitrogens is 4. The smallest absolute Gasteiger partial charge is 0.390 e. The molecule has 2 aromatic carbocycles. The molecule has 0 radical (unpaired) electrons. The molecule has 0 bridgehead atoms. The van der Waals surface area contributed by atoms with Gasteiger partial charge in [-0.25, -0.2) is 4.68 Å². The number of hydrogen-bond donors (Lipinski definition) is 0. The molecule has 1 amide bonds. The normalized spacial score (nSPS) is 15.8. The molecule has 37 heavy (non-hydrogen) atoms. The van der Waals surface area contributed by atoms with Crippen LogP contribution in [-0.2, 0) is 11.2 Å². The molecule has 3 heterocycles. The first kappa shape index (κ1) is 24.5. The Kier molecular flexibility index (Phi) is 6.64. The predicted octanol–water partition coefficient (Wildman–Crippen LogP) is 5.49. The van der Waals surface area contributed by atoms with E-state index in [0.29, 0.717) is 30.0 Å². The molecule has 190 valence electrons. The fourth-order valence-corrected chi connectivity index (χ4v) is 4.60. The fourth-order valence-electron chi connectivity index (χ4n) is 4.60. The van der Waals surface area contributed by atoms with Crippen molar-refractivity contribution in [3.8, 4) is 28.1 Å². The van der Waals surface area contributed by atoms with Crippen molar-refractivity contribution in [3.05, 3.63) is 78.8 Å². The van der Waals surface area contributed by atoms with E-state index in [1.807, 2.05) is 42.5 Å². The van der Waals surface area contributed by atoms with Gasteiger partial charge >= 0.3 is 6.18 Å². The van der Waals surface area contributed by atoms with Crippen LogP contribution in [0.5, 0.6) is 5.75 Å². The van der Waals surface area contributed by atoms with E-state index < -0.39 is 31.1 Å². The van der Waals surface area contributed by atoms with E-state index in [0.717, 1.165) is 22.3 Å². The quantitative estimate of drug-likeness (QED) is 0.345. The number of rotatable bonds is 6. The number of carbonyl (C=O) groups excluding carboxylic acids is 1. The number of para-hydroxylation sites is 1. The standard InChI is InChI=1S/C27H24F3N5O2/c1-37-25-16-20(6-8-21(25)18-10-13-31-14-11-18)22-17-35(33-32-22)24-9-7-19-4-2-3-5-23(19)34(26(24)36)15-12-27(28,29)30/h2-6,8,10-11,13-14,16-17,24H,7,9,12,15H2,1H3. The summed E-state index contributed by atoms with van der Waals surface area (Å²) in [5, 5.41) is 8.46. The summed E-state index contributed by atoms with van der Waals surface area (Å²) < 4.78 is 46.2. The maximum absolute atomic E-state index is 13.5. The van der Waals surface area contributed by atoms with Gasteiger partial charge in [0.05, 0.1) is 19.7 Å². The molecule has 0 saturated carbocycles. The summed E-state index contributed by atoms with van der Waals surface area (Å²) in [6.45, 7) is -0.453. The van der Waals surface area contributed by atoms with Crippen LogP contribution in [0.1, 0.15) is 24.4 Å². The van der Waals surface area contributed by atoms with Crippen LogP contribution in [-0.4, -0.2) is 45.7 Å². The molecule has 1 atom stereocenters. The molecule has 0 N–H and O–H groups in total. The van der Waals surface area contributed by atoms with Crippen LogP contribution in [0.25, 0.3) is 22.4 Å². The molecule has 4 aromatic rings. The average Bonchev–Trinajstić information content (AvgIpc) is 3.34. The van der Waals surface area contributed by atoms with Crippen LogP contribution in [0.15, 0.2) is 73.2 Å². The number of ether oxygens (including phenoxy) is 1. The third-order valence-corrected chi connectivity index (χ3v) is 6.46. The molecule has 0 spiro atoms. The minimum Gasteiger partial charge on any atom is -0.496 e. The number of amides is 1. The van der Waals surface area contributed by atoms with E-state index in [1.165, 1.54) is 9.58 Å². The highest BCUT2D eigenvalue weighted by Crippen LogP contribution is 2.35. The van der Waals surface area contributed by atoms with E-state index >= 15 is 0 Å². The van der Waals surface area contributed by atoms with E-state index in [4.69, 9.17) is 4.74 Å². The minimum atomic E-state index is -4.38. The number of fused-ring (bicyclic) bond motifs is 1. The second kappa shape index (κ2) is 10.0. The van der Waals surface area contributed by atoms with E-state index in [-0.39, 0.29) is 0 Å². The molecular formula is C27H24F3N5O2. The number of aryl methyl sites for hydroxylation is 1. The van der Waals surface area contributed by atoms with Crippen molar-refractivity contribution in [1.29, 1.82) is 0 Å². The Morgan fingerprint density at radius 2 is 1.84 bits per heavy atom. The lowest BCUT2D eigenvalue weighted by atomic mass is 10.0. The predicted molar refractivity (Wildman–Crippen MR) is 132 cm³/mol. The summed E-state index contributed by atoms with van der Waals surface area (Å²) in [6, 6.07) is 15.7. The highest BCUT2D eigenvalue weighted by molar-refractivity contribution is 5.97. The van der Waals surface area contributed by atoms with Crippen LogP contribution < -0.4 is 9.64 Å². The van der Waals surface area contributed by atoms with Gasteiger partial charge in [0, 0.05) is 35.8 Å². The van der Waals surface area contributed by atoms with Gasteiger partial charge in [0.1, 0.15) is 17.5 Å². The molecule has 10 heteroatoms. The van der Waals surface area contributed by atoms with Crippen molar-refractivity contribution in [1.82, 2.24) is 20.0 Å². The van der Waals surface area contributed by atoms with Crippen molar-refractivity contribution in [3.63, 3.8) is 0 Å². The average molecular weight is 508 g/mol. The van der Waals surface area contributed by atoms with Crippen molar-refractivity contribution in [2.75, 3.05) is 18.6 Å². The molecule has 7 nitrogen and oxygen atoms in total. The van der Waals surface area contributed by atoms with Crippen LogP contribution in [0, 0.1) is 0 Å². The lowest BCUT2D eigenvalue weighted by molar-refractivity contribution is -0.134. The lowest BCUT2D eigenvalue weighted by Crippen LogP contribution is -2.39. The number of pyridine rings is 1. The van der Waals surface area contributed by atoms with Gasteiger partial charge in [-0.1, -0.05) is 29.5 Å². The minimum absolute atomic E-state index is 0.394. The second-order valence-corrected chi connectivity index (χ2v) is 8.77. The SMILES string of the molecule is COc1cc(-c2cn(C3CCc4ccccc4N(CCC(F)(F)F)C3=O)nn2)ccc1-c1ccncc1. The van der Waals surface area contributed by atoms with Gasteiger partial charge in [-0.05, 0) is 54.3 Å². The third-order valence-electron chi connectivity index (χ3n) is 6.46. The first-order valence-corrected chi connectivity index (χ1v) is 11.8. The number of halogens is 3. The van der Waals surface area contributed by atoms with E-state index in [9.17, 15) is 18.0 Å². The Morgan fingerprint density at radius 1 is 1.05 bits per heavy atom. The maximum Gasteiger partial charge on any atom is 0.390 e. The maximum atomic E-state index is 13.5. The van der Waals surface area contributed by atoms with Gasteiger partial charge < -0.3 is 9.64 Å². The number of hydrogen-bond acceptors (Lipinski definition) is 5. The first-order chi connectivity index (χ1) is 17.8. The highest BCUT2D eigenvalue weighted by atomic mass is 19.4. The molecule has 0 aliphatic carbocycles. The largest absolute Gasteiger partial charge is 0.496 e. The summed E-state index contributed by atoms with van der Waals surface area (Å²) in [6.07, 6.45) is 0.513. The molecular weight excluding hydrogens is 483 g/mol. The van der Waals surface area contributed by atoms with Crippen molar-refractivity contribution in [2.45, 2.75) is 31.5 Å². The molecule has 5 rings (SSSR count). The van der Waals surface area contributed by atoms with Crippen LogP contribution in [0.3, 0.4) is 0 Å².